The molecule has 1 saturated carbocycles. The molecular formula is C25H34N6O2. The number of oxazole rings is 1. The lowest BCUT2D eigenvalue weighted by molar-refractivity contribution is 0.219. The van der Waals surface area contributed by atoms with E-state index in [0.29, 0.717) is 29.9 Å². The number of hydrogen-bond acceptors (Lipinski definition) is 7. The lowest BCUT2D eigenvalue weighted by Crippen LogP contribution is -2.39. The van der Waals surface area contributed by atoms with Gasteiger partial charge in [-0.3, -0.25) is 9.36 Å². The van der Waals surface area contributed by atoms with Gasteiger partial charge in [-0.1, -0.05) is 19.8 Å². The van der Waals surface area contributed by atoms with Gasteiger partial charge in [0.2, 0.25) is 5.95 Å². The van der Waals surface area contributed by atoms with Gasteiger partial charge in [-0.2, -0.15) is 4.98 Å². The first-order valence-electron chi connectivity index (χ1n) is 12.4. The average molecular weight is 451 g/mol. The highest BCUT2D eigenvalue weighted by atomic mass is 16.4. The highest BCUT2D eigenvalue weighted by molar-refractivity contribution is 5.76. The van der Waals surface area contributed by atoms with Crippen LogP contribution in [0.4, 0.5) is 5.95 Å². The first-order valence-corrected chi connectivity index (χ1v) is 12.4. The van der Waals surface area contributed by atoms with Crippen LogP contribution in [0, 0.1) is 6.92 Å². The molecule has 2 fully saturated rings. The van der Waals surface area contributed by atoms with Crippen molar-refractivity contribution < 1.29 is 4.42 Å². The predicted molar refractivity (Wildman–Crippen MR) is 129 cm³/mol. The number of rotatable bonds is 7. The van der Waals surface area contributed by atoms with E-state index < -0.39 is 0 Å². The van der Waals surface area contributed by atoms with E-state index in [1.54, 1.807) is 6.20 Å². The molecule has 33 heavy (non-hydrogen) atoms. The number of aryl methyl sites for hydroxylation is 1. The molecule has 8 heteroatoms. The Hall–Kier alpha value is -2.74. The second-order valence-corrected chi connectivity index (χ2v) is 9.56. The molecule has 176 valence electrons. The zero-order valence-corrected chi connectivity index (χ0v) is 19.7. The van der Waals surface area contributed by atoms with E-state index in [-0.39, 0.29) is 11.6 Å². The molecule has 0 amide bonds. The molecule has 1 aliphatic heterocycles. The molecule has 0 aromatic carbocycles. The fourth-order valence-corrected chi connectivity index (χ4v) is 5.32. The molecule has 1 saturated heterocycles. The van der Waals surface area contributed by atoms with Crippen LogP contribution in [-0.4, -0.2) is 50.1 Å². The van der Waals surface area contributed by atoms with Crippen LogP contribution in [0.25, 0.3) is 11.0 Å². The van der Waals surface area contributed by atoms with Gasteiger partial charge < -0.3 is 14.6 Å². The summed E-state index contributed by atoms with van der Waals surface area (Å²) in [7, 11) is 0. The van der Waals surface area contributed by atoms with Crippen molar-refractivity contribution in [1.82, 2.24) is 24.4 Å². The van der Waals surface area contributed by atoms with Crippen LogP contribution in [0.15, 0.2) is 27.7 Å². The van der Waals surface area contributed by atoms with Crippen molar-refractivity contribution in [1.29, 1.82) is 0 Å². The fraction of sp³-hybridized carbons (Fsp3) is 0.600. The van der Waals surface area contributed by atoms with Crippen LogP contribution in [0.5, 0.6) is 0 Å². The first-order chi connectivity index (χ1) is 16.1. The number of piperidine rings is 1. The van der Waals surface area contributed by atoms with Crippen molar-refractivity contribution >= 4 is 17.0 Å². The van der Waals surface area contributed by atoms with Crippen LogP contribution in [0.2, 0.25) is 0 Å². The molecule has 3 aromatic heterocycles. The predicted octanol–water partition coefficient (Wildman–Crippen LogP) is 4.08. The lowest BCUT2D eigenvalue weighted by atomic mass is 10.1. The Morgan fingerprint density at radius 2 is 1.91 bits per heavy atom. The zero-order valence-electron chi connectivity index (χ0n) is 19.7. The molecule has 0 atom stereocenters. The molecule has 4 heterocycles. The number of pyridine rings is 1. The summed E-state index contributed by atoms with van der Waals surface area (Å²) in [6.45, 7) is 7.48. The number of hydrogen-bond donors (Lipinski definition) is 1. The van der Waals surface area contributed by atoms with E-state index in [4.69, 9.17) is 9.40 Å². The Balaban J connectivity index is 1.45. The Morgan fingerprint density at radius 3 is 2.61 bits per heavy atom. The third-order valence-corrected chi connectivity index (χ3v) is 7.01. The van der Waals surface area contributed by atoms with Gasteiger partial charge in [0.25, 0.3) is 5.56 Å². The summed E-state index contributed by atoms with van der Waals surface area (Å²) in [4.78, 5) is 29.9. The van der Waals surface area contributed by atoms with E-state index >= 15 is 0 Å². The summed E-state index contributed by atoms with van der Waals surface area (Å²) in [5, 5.41) is 4.43. The number of anilines is 1. The minimum Gasteiger partial charge on any atom is -0.446 e. The fourth-order valence-electron chi connectivity index (χ4n) is 5.32. The van der Waals surface area contributed by atoms with Crippen LogP contribution in [0.3, 0.4) is 0 Å². The van der Waals surface area contributed by atoms with Crippen molar-refractivity contribution in [3.05, 3.63) is 46.0 Å². The summed E-state index contributed by atoms with van der Waals surface area (Å²) in [5.74, 6) is 1.94. The van der Waals surface area contributed by atoms with E-state index in [2.05, 4.69) is 27.1 Å². The molecular weight excluding hydrogens is 416 g/mol. The van der Waals surface area contributed by atoms with Gasteiger partial charge >= 0.3 is 0 Å². The SMILES string of the molecule is CCCN1CCC(Nc2ncc3cc(Cc4ncc(C)o4)c(=O)n(C4CCCC4)c3n2)CC1. The number of nitrogens with one attached hydrogen (secondary N) is 1. The maximum Gasteiger partial charge on any atom is 0.256 e. The summed E-state index contributed by atoms with van der Waals surface area (Å²) in [6, 6.07) is 2.47. The van der Waals surface area contributed by atoms with Crippen LogP contribution < -0.4 is 10.9 Å². The molecule has 1 aliphatic carbocycles. The van der Waals surface area contributed by atoms with Crippen LogP contribution in [-0.2, 0) is 6.42 Å². The Bertz CT molecular complexity index is 1160. The lowest BCUT2D eigenvalue weighted by Gasteiger charge is -2.32. The first kappa shape index (κ1) is 22.1. The van der Waals surface area contributed by atoms with Gasteiger partial charge in [0.1, 0.15) is 11.4 Å². The minimum atomic E-state index is 0.0165. The average Bonchev–Trinajstić information content (AvgIpc) is 3.48. The van der Waals surface area contributed by atoms with Crippen molar-refractivity contribution in [2.45, 2.75) is 77.3 Å². The van der Waals surface area contributed by atoms with Gasteiger partial charge in [0.15, 0.2) is 5.89 Å². The summed E-state index contributed by atoms with van der Waals surface area (Å²) in [5.41, 5.74) is 1.44. The van der Waals surface area contributed by atoms with Crippen molar-refractivity contribution in [2.24, 2.45) is 0 Å². The minimum absolute atomic E-state index is 0.0165. The number of aromatic nitrogens is 4. The molecule has 5 rings (SSSR count). The van der Waals surface area contributed by atoms with Gasteiger partial charge in [0.05, 0.1) is 12.6 Å². The molecule has 2 aliphatic rings. The Morgan fingerprint density at radius 1 is 1.12 bits per heavy atom. The molecule has 0 bridgehead atoms. The maximum absolute atomic E-state index is 13.6. The quantitative estimate of drug-likeness (QED) is 0.580. The second-order valence-electron chi connectivity index (χ2n) is 9.56. The molecule has 1 N–H and O–H groups in total. The van der Waals surface area contributed by atoms with Crippen LogP contribution >= 0.6 is 0 Å². The Kier molecular flexibility index (Phi) is 6.44. The topological polar surface area (TPSA) is 89.1 Å². The van der Waals surface area contributed by atoms with E-state index in [9.17, 15) is 4.79 Å². The van der Waals surface area contributed by atoms with Gasteiger partial charge in [-0.25, -0.2) is 9.97 Å². The highest BCUT2D eigenvalue weighted by Gasteiger charge is 2.24. The van der Waals surface area contributed by atoms with Crippen LogP contribution in [0.1, 0.15) is 75.1 Å². The van der Waals surface area contributed by atoms with Gasteiger partial charge in [-0.05, 0) is 51.6 Å². The number of nitrogens with zero attached hydrogens (tertiary/aromatic N) is 5. The van der Waals surface area contributed by atoms with Crippen molar-refractivity contribution in [3.8, 4) is 0 Å². The van der Waals surface area contributed by atoms with E-state index in [1.807, 2.05) is 23.8 Å². The normalized spacial score (nSPS) is 18.4. The van der Waals surface area contributed by atoms with Gasteiger partial charge in [0, 0.05) is 42.3 Å². The standard InChI is InChI=1S/C25H34N6O2/c1-3-10-30-11-8-20(9-12-30)28-25-27-16-19-13-18(14-22-26-15-17(2)33-22)24(32)31(23(19)29-25)21-6-4-5-7-21/h13,15-16,20-21H,3-12,14H2,1-2H3,(H,27,28,29). The third kappa shape index (κ3) is 4.81. The number of fused-ring (bicyclic) bond motifs is 1. The summed E-state index contributed by atoms with van der Waals surface area (Å²) < 4.78 is 7.56. The van der Waals surface area contributed by atoms with Crippen molar-refractivity contribution in [2.75, 3.05) is 25.0 Å². The molecule has 3 aromatic rings. The maximum atomic E-state index is 13.6. The zero-order chi connectivity index (χ0) is 22.8. The highest BCUT2D eigenvalue weighted by Crippen LogP contribution is 2.31. The molecule has 0 spiro atoms. The monoisotopic (exact) mass is 450 g/mol. The smallest absolute Gasteiger partial charge is 0.256 e. The largest absolute Gasteiger partial charge is 0.446 e. The second kappa shape index (κ2) is 9.63. The van der Waals surface area contributed by atoms with Crippen molar-refractivity contribution in [3.63, 3.8) is 0 Å². The van der Waals surface area contributed by atoms with E-state index in [0.717, 1.165) is 68.4 Å². The molecule has 0 unspecified atom stereocenters. The van der Waals surface area contributed by atoms with E-state index in [1.165, 1.54) is 13.0 Å². The molecule has 8 nitrogen and oxygen atoms in total. The number of likely N-dealkylation sites (tertiary alicyclic amines) is 1. The summed E-state index contributed by atoms with van der Waals surface area (Å²) >= 11 is 0. The third-order valence-electron chi connectivity index (χ3n) is 7.01. The molecule has 0 radical (unpaired) electrons. The summed E-state index contributed by atoms with van der Waals surface area (Å²) in [6.07, 6.45) is 11.6. The Labute approximate surface area is 194 Å². The van der Waals surface area contributed by atoms with Gasteiger partial charge in [-0.15, -0.1) is 0 Å².